The van der Waals surface area contributed by atoms with E-state index in [2.05, 4.69) is 10.3 Å². The molecule has 3 aromatic rings. The molecule has 2 heterocycles. The number of thiazole rings is 1. The SMILES string of the molecule is Cc1ccc(-c2nc(C(=O)N3CCN(CC(=O)Nc4ccc(F)cc4)CC3)cs2)cc1. The van der Waals surface area contributed by atoms with E-state index >= 15 is 0 Å². The summed E-state index contributed by atoms with van der Waals surface area (Å²) in [5, 5.41) is 5.40. The van der Waals surface area contributed by atoms with Crippen LogP contribution in [-0.2, 0) is 4.79 Å². The average molecular weight is 439 g/mol. The minimum absolute atomic E-state index is 0.0787. The first-order valence-corrected chi connectivity index (χ1v) is 11.0. The molecule has 1 fully saturated rings. The molecule has 0 bridgehead atoms. The van der Waals surface area contributed by atoms with Gasteiger partial charge in [-0.3, -0.25) is 14.5 Å². The highest BCUT2D eigenvalue weighted by atomic mass is 32.1. The van der Waals surface area contributed by atoms with Crippen molar-refractivity contribution in [2.24, 2.45) is 0 Å². The van der Waals surface area contributed by atoms with Crippen LogP contribution in [0.2, 0.25) is 0 Å². The summed E-state index contributed by atoms with van der Waals surface area (Å²) in [5.74, 6) is -0.580. The van der Waals surface area contributed by atoms with E-state index in [1.165, 1.54) is 41.2 Å². The standard InChI is InChI=1S/C23H23FN4O2S/c1-16-2-4-17(5-3-16)22-26-20(15-31-22)23(30)28-12-10-27(11-13-28)14-21(29)25-19-8-6-18(24)7-9-19/h2-9,15H,10-14H2,1H3,(H,25,29). The summed E-state index contributed by atoms with van der Waals surface area (Å²) in [4.78, 5) is 33.4. The molecule has 1 saturated heterocycles. The number of benzene rings is 2. The van der Waals surface area contributed by atoms with Gasteiger partial charge in [0.05, 0.1) is 6.54 Å². The molecular weight excluding hydrogens is 415 g/mol. The summed E-state index contributed by atoms with van der Waals surface area (Å²) >= 11 is 1.47. The molecular formula is C23H23FN4O2S. The lowest BCUT2D eigenvalue weighted by Gasteiger charge is -2.33. The van der Waals surface area contributed by atoms with Gasteiger partial charge in [0.25, 0.3) is 5.91 Å². The van der Waals surface area contributed by atoms with Crippen molar-refractivity contribution in [3.05, 3.63) is 71.0 Å². The van der Waals surface area contributed by atoms with Crippen LogP contribution in [0.3, 0.4) is 0 Å². The molecule has 4 rings (SSSR count). The molecule has 1 aromatic heterocycles. The summed E-state index contributed by atoms with van der Waals surface area (Å²) < 4.78 is 13.0. The lowest BCUT2D eigenvalue weighted by atomic mass is 10.2. The van der Waals surface area contributed by atoms with Crippen LogP contribution in [0.5, 0.6) is 0 Å². The maximum Gasteiger partial charge on any atom is 0.273 e. The van der Waals surface area contributed by atoms with Gasteiger partial charge in [0, 0.05) is 42.8 Å². The second-order valence-electron chi connectivity index (χ2n) is 7.53. The zero-order valence-electron chi connectivity index (χ0n) is 17.2. The number of amides is 2. The van der Waals surface area contributed by atoms with Crippen LogP contribution in [0.1, 0.15) is 16.1 Å². The highest BCUT2D eigenvalue weighted by Gasteiger charge is 2.25. The number of hydrogen-bond acceptors (Lipinski definition) is 5. The zero-order chi connectivity index (χ0) is 21.8. The molecule has 0 unspecified atom stereocenters. The largest absolute Gasteiger partial charge is 0.335 e. The molecule has 1 aliphatic rings. The van der Waals surface area contributed by atoms with E-state index in [4.69, 9.17) is 0 Å². The fourth-order valence-corrected chi connectivity index (χ4v) is 4.21. The van der Waals surface area contributed by atoms with Gasteiger partial charge in [0.15, 0.2) is 0 Å². The fraction of sp³-hybridized carbons (Fsp3) is 0.261. The molecule has 1 aliphatic heterocycles. The molecule has 6 nitrogen and oxygen atoms in total. The Balaban J connectivity index is 1.28. The van der Waals surface area contributed by atoms with Crippen LogP contribution < -0.4 is 5.32 Å². The van der Waals surface area contributed by atoms with Crippen LogP contribution in [0.4, 0.5) is 10.1 Å². The Morgan fingerprint density at radius 2 is 1.71 bits per heavy atom. The topological polar surface area (TPSA) is 65.5 Å². The summed E-state index contributed by atoms with van der Waals surface area (Å²) in [6, 6.07) is 13.8. The quantitative estimate of drug-likeness (QED) is 0.660. The zero-order valence-corrected chi connectivity index (χ0v) is 18.0. The molecule has 0 spiro atoms. The molecule has 0 saturated carbocycles. The normalized spacial score (nSPS) is 14.5. The van der Waals surface area contributed by atoms with Crippen molar-refractivity contribution in [1.82, 2.24) is 14.8 Å². The van der Waals surface area contributed by atoms with E-state index in [-0.39, 0.29) is 24.2 Å². The van der Waals surface area contributed by atoms with E-state index in [0.29, 0.717) is 37.6 Å². The smallest absolute Gasteiger partial charge is 0.273 e. The van der Waals surface area contributed by atoms with Crippen LogP contribution in [0, 0.1) is 12.7 Å². The van der Waals surface area contributed by atoms with Gasteiger partial charge in [-0.1, -0.05) is 29.8 Å². The number of piperazine rings is 1. The first-order chi connectivity index (χ1) is 15.0. The third kappa shape index (κ3) is 5.34. The maximum absolute atomic E-state index is 13.0. The monoisotopic (exact) mass is 438 g/mol. The van der Waals surface area contributed by atoms with Gasteiger partial charge in [-0.25, -0.2) is 9.37 Å². The van der Waals surface area contributed by atoms with Crippen LogP contribution in [0.25, 0.3) is 10.6 Å². The van der Waals surface area contributed by atoms with Gasteiger partial charge < -0.3 is 10.2 Å². The van der Waals surface area contributed by atoms with Gasteiger partial charge in [-0.05, 0) is 31.2 Å². The number of carbonyl (C=O) groups excluding carboxylic acids is 2. The lowest BCUT2D eigenvalue weighted by Crippen LogP contribution is -2.50. The van der Waals surface area contributed by atoms with Gasteiger partial charge in [-0.2, -0.15) is 0 Å². The molecule has 2 amide bonds. The van der Waals surface area contributed by atoms with Crippen molar-refractivity contribution >= 4 is 28.8 Å². The summed E-state index contributed by atoms with van der Waals surface area (Å²) in [7, 11) is 0. The van der Waals surface area contributed by atoms with Gasteiger partial charge in [0.1, 0.15) is 16.5 Å². The lowest BCUT2D eigenvalue weighted by molar-refractivity contribution is -0.117. The van der Waals surface area contributed by atoms with E-state index in [9.17, 15) is 14.0 Å². The Morgan fingerprint density at radius 1 is 1.03 bits per heavy atom. The Labute approximate surface area is 184 Å². The third-order valence-corrected chi connectivity index (χ3v) is 6.07. The number of nitrogens with one attached hydrogen (secondary N) is 1. The molecule has 1 N–H and O–H groups in total. The predicted molar refractivity (Wildman–Crippen MR) is 120 cm³/mol. The number of aromatic nitrogens is 1. The van der Waals surface area contributed by atoms with Crippen molar-refractivity contribution in [1.29, 1.82) is 0 Å². The molecule has 160 valence electrons. The van der Waals surface area contributed by atoms with Crippen LogP contribution >= 0.6 is 11.3 Å². The Hall–Kier alpha value is -3.10. The minimum atomic E-state index is -0.343. The summed E-state index contributed by atoms with van der Waals surface area (Å²) in [6.07, 6.45) is 0. The van der Waals surface area contributed by atoms with Gasteiger partial charge >= 0.3 is 0 Å². The van der Waals surface area contributed by atoms with E-state index in [1.54, 1.807) is 10.3 Å². The number of hydrogen-bond donors (Lipinski definition) is 1. The number of halogens is 1. The van der Waals surface area contributed by atoms with Crippen molar-refractivity contribution < 1.29 is 14.0 Å². The van der Waals surface area contributed by atoms with Crippen molar-refractivity contribution in [3.8, 4) is 10.6 Å². The van der Waals surface area contributed by atoms with Gasteiger partial charge in [-0.15, -0.1) is 11.3 Å². The van der Waals surface area contributed by atoms with E-state index in [1.807, 2.05) is 36.1 Å². The van der Waals surface area contributed by atoms with Crippen molar-refractivity contribution in [2.75, 3.05) is 38.0 Å². The average Bonchev–Trinajstić information content (AvgIpc) is 3.26. The minimum Gasteiger partial charge on any atom is -0.335 e. The molecule has 0 atom stereocenters. The molecule has 8 heteroatoms. The number of carbonyl (C=O) groups is 2. The van der Waals surface area contributed by atoms with Gasteiger partial charge in [0.2, 0.25) is 5.91 Å². The number of nitrogens with zero attached hydrogens (tertiary/aromatic N) is 3. The Bertz CT molecular complexity index is 1060. The third-order valence-electron chi connectivity index (χ3n) is 5.18. The Morgan fingerprint density at radius 3 is 2.39 bits per heavy atom. The van der Waals surface area contributed by atoms with E-state index in [0.717, 1.165) is 10.6 Å². The van der Waals surface area contributed by atoms with Crippen LogP contribution in [0.15, 0.2) is 53.9 Å². The Kier molecular flexibility index (Phi) is 6.39. The molecule has 0 aliphatic carbocycles. The second-order valence-corrected chi connectivity index (χ2v) is 8.39. The number of rotatable bonds is 5. The molecule has 31 heavy (non-hydrogen) atoms. The maximum atomic E-state index is 13.0. The number of aryl methyl sites for hydroxylation is 1. The first-order valence-electron chi connectivity index (χ1n) is 10.1. The molecule has 2 aromatic carbocycles. The first kappa shape index (κ1) is 21.1. The fourth-order valence-electron chi connectivity index (χ4n) is 3.41. The number of anilines is 1. The summed E-state index contributed by atoms with van der Waals surface area (Å²) in [5.41, 5.74) is 3.21. The van der Waals surface area contributed by atoms with Crippen LogP contribution in [-0.4, -0.2) is 59.3 Å². The highest BCUT2D eigenvalue weighted by molar-refractivity contribution is 7.13. The summed E-state index contributed by atoms with van der Waals surface area (Å²) in [6.45, 7) is 4.56. The molecule has 0 radical (unpaired) electrons. The predicted octanol–water partition coefficient (Wildman–Crippen LogP) is 3.65. The highest BCUT2D eigenvalue weighted by Crippen LogP contribution is 2.24. The van der Waals surface area contributed by atoms with E-state index < -0.39 is 0 Å². The van der Waals surface area contributed by atoms with Crippen molar-refractivity contribution in [3.63, 3.8) is 0 Å². The second kappa shape index (κ2) is 9.36. The van der Waals surface area contributed by atoms with Crippen molar-refractivity contribution in [2.45, 2.75) is 6.92 Å².